The molecular formula is C27H37FN2O5. The number of carbonyl (C=O) groups is 2. The number of primary amides is 1. The molecule has 2 rings (SSSR count). The van der Waals surface area contributed by atoms with E-state index < -0.39 is 23.6 Å². The number of amides is 2. The normalized spacial score (nSPS) is 14.4. The Balaban J connectivity index is 1.98. The van der Waals surface area contributed by atoms with Crippen LogP contribution in [0.3, 0.4) is 0 Å². The number of aliphatic hydroxyl groups excluding tert-OH is 1. The monoisotopic (exact) mass is 488 g/mol. The van der Waals surface area contributed by atoms with Gasteiger partial charge in [-0.1, -0.05) is 30.3 Å². The van der Waals surface area contributed by atoms with Crippen LogP contribution in [0.15, 0.2) is 48.5 Å². The number of nitrogens with two attached hydrogens (primary N) is 1. The van der Waals surface area contributed by atoms with Crippen LogP contribution in [0.4, 0.5) is 4.39 Å². The van der Waals surface area contributed by atoms with Gasteiger partial charge in [0.15, 0.2) is 5.67 Å². The first kappa shape index (κ1) is 28.1. The zero-order chi connectivity index (χ0) is 25.8. The van der Waals surface area contributed by atoms with Crippen LogP contribution in [-0.4, -0.2) is 49.5 Å². The molecule has 2 aromatic carbocycles. The number of rotatable bonds is 15. The lowest BCUT2D eigenvalue weighted by atomic mass is 9.88. The average molecular weight is 489 g/mol. The predicted molar refractivity (Wildman–Crippen MR) is 133 cm³/mol. The Hall–Kier alpha value is -3.13. The minimum atomic E-state index is -2.22. The van der Waals surface area contributed by atoms with Crippen LogP contribution in [0, 0.1) is 5.92 Å². The zero-order valence-electron chi connectivity index (χ0n) is 20.8. The lowest BCUT2D eigenvalue weighted by molar-refractivity contribution is -0.131. The summed E-state index contributed by atoms with van der Waals surface area (Å²) in [4.78, 5) is 24.4. The van der Waals surface area contributed by atoms with Crippen molar-refractivity contribution in [3.8, 4) is 11.5 Å². The maximum atomic E-state index is 14.5. The Labute approximate surface area is 206 Å². The average Bonchev–Trinajstić information content (AvgIpc) is 2.85. The van der Waals surface area contributed by atoms with E-state index in [1.165, 1.54) is 0 Å². The maximum Gasteiger partial charge on any atom is 0.254 e. The number of carbonyl (C=O) groups excluding carboxylic acids is 2. The number of alkyl halides is 1. The lowest BCUT2D eigenvalue weighted by Crippen LogP contribution is -2.39. The second-order valence-corrected chi connectivity index (χ2v) is 8.97. The van der Waals surface area contributed by atoms with Gasteiger partial charge >= 0.3 is 0 Å². The number of halogens is 1. The second-order valence-electron chi connectivity index (χ2n) is 8.97. The molecule has 3 atom stereocenters. The first-order chi connectivity index (χ1) is 16.6. The third kappa shape index (κ3) is 9.56. The molecule has 0 heterocycles. The summed E-state index contributed by atoms with van der Waals surface area (Å²) in [6.45, 7) is 1.46. The number of aliphatic hydroxyl groups is 1. The van der Waals surface area contributed by atoms with Gasteiger partial charge in [-0.25, -0.2) is 4.39 Å². The van der Waals surface area contributed by atoms with Gasteiger partial charge in [0.1, 0.15) is 11.5 Å². The number of ether oxygens (including phenoxy) is 2. The van der Waals surface area contributed by atoms with Crippen LogP contribution >= 0.6 is 0 Å². The third-order valence-electron chi connectivity index (χ3n) is 6.14. The van der Waals surface area contributed by atoms with Gasteiger partial charge in [-0.2, -0.15) is 0 Å². The summed E-state index contributed by atoms with van der Waals surface area (Å²) >= 11 is 0. The van der Waals surface area contributed by atoms with Gasteiger partial charge in [0.2, 0.25) is 5.91 Å². The van der Waals surface area contributed by atoms with E-state index in [4.69, 9.17) is 15.2 Å². The van der Waals surface area contributed by atoms with Gasteiger partial charge in [-0.05, 0) is 68.7 Å². The standard InChI is InChI=1S/C27H37FN2O5/c1-27(28,26(29)33)13-11-21(17-22(31)10-9-19-7-5-4-6-8-19)25(32)30-14-12-20-15-23(34-2)18-24(16-20)35-3/h4-8,15-16,18,21-22,31H,9-14,17H2,1-3H3,(H2,29,33)(H,30,32)/t21-,22+,27?/m1/s1. The molecule has 0 fully saturated rings. The van der Waals surface area contributed by atoms with Crippen LogP contribution in [0.1, 0.15) is 43.7 Å². The lowest BCUT2D eigenvalue weighted by Gasteiger charge is -2.23. The van der Waals surface area contributed by atoms with Crippen molar-refractivity contribution in [2.75, 3.05) is 20.8 Å². The van der Waals surface area contributed by atoms with E-state index in [1.807, 2.05) is 42.5 Å². The fourth-order valence-corrected chi connectivity index (χ4v) is 3.83. The number of aryl methyl sites for hydroxylation is 1. The summed E-state index contributed by atoms with van der Waals surface area (Å²) in [5.74, 6) is -0.709. The van der Waals surface area contributed by atoms with Crippen LogP contribution in [0.25, 0.3) is 0 Å². The minimum Gasteiger partial charge on any atom is -0.497 e. The molecular weight excluding hydrogens is 451 g/mol. The van der Waals surface area contributed by atoms with Crippen molar-refractivity contribution in [3.05, 3.63) is 59.7 Å². The van der Waals surface area contributed by atoms with E-state index in [1.54, 1.807) is 20.3 Å². The highest BCUT2D eigenvalue weighted by Crippen LogP contribution is 2.25. The molecule has 0 aliphatic heterocycles. The van der Waals surface area contributed by atoms with Gasteiger partial charge in [-0.3, -0.25) is 9.59 Å². The Kier molecular flexibility index (Phi) is 11.0. The van der Waals surface area contributed by atoms with E-state index in [0.29, 0.717) is 37.3 Å². The number of benzene rings is 2. The molecule has 2 amide bonds. The van der Waals surface area contributed by atoms with Crippen LogP contribution in [0.2, 0.25) is 0 Å². The Bertz CT molecular complexity index is 930. The van der Waals surface area contributed by atoms with Crippen molar-refractivity contribution in [1.29, 1.82) is 0 Å². The molecule has 2 aromatic rings. The zero-order valence-corrected chi connectivity index (χ0v) is 20.8. The van der Waals surface area contributed by atoms with Crippen LogP contribution in [0.5, 0.6) is 11.5 Å². The van der Waals surface area contributed by atoms with Crippen molar-refractivity contribution in [2.24, 2.45) is 11.7 Å². The molecule has 192 valence electrons. The van der Waals surface area contributed by atoms with Crippen molar-refractivity contribution >= 4 is 11.8 Å². The fourth-order valence-electron chi connectivity index (χ4n) is 3.83. The first-order valence-electron chi connectivity index (χ1n) is 11.8. The molecule has 0 aliphatic rings. The summed E-state index contributed by atoms with van der Waals surface area (Å²) in [6.07, 6.45) is 0.991. The molecule has 8 heteroatoms. The highest BCUT2D eigenvalue weighted by Gasteiger charge is 2.33. The SMILES string of the molecule is COc1cc(CCNC(=O)[C@H](CCC(C)(F)C(N)=O)C[C@@H](O)CCc2ccccc2)cc(OC)c1. The molecule has 0 aliphatic carbocycles. The topological polar surface area (TPSA) is 111 Å². The molecule has 7 nitrogen and oxygen atoms in total. The van der Waals surface area contributed by atoms with Gasteiger partial charge in [0.25, 0.3) is 5.91 Å². The van der Waals surface area contributed by atoms with Gasteiger partial charge in [0.05, 0.1) is 20.3 Å². The van der Waals surface area contributed by atoms with E-state index in [2.05, 4.69) is 5.32 Å². The fraction of sp³-hybridized carbons (Fsp3) is 0.481. The number of hydrogen-bond donors (Lipinski definition) is 3. The summed E-state index contributed by atoms with van der Waals surface area (Å²) < 4.78 is 25.0. The second kappa shape index (κ2) is 13.7. The van der Waals surface area contributed by atoms with Crippen LogP contribution in [-0.2, 0) is 22.4 Å². The number of methoxy groups -OCH3 is 2. The summed E-state index contributed by atoms with van der Waals surface area (Å²) in [7, 11) is 3.14. The molecule has 0 bridgehead atoms. The molecule has 0 radical (unpaired) electrons. The number of hydrogen-bond acceptors (Lipinski definition) is 5. The Morgan fingerprint density at radius 1 is 1.03 bits per heavy atom. The van der Waals surface area contributed by atoms with Gasteiger partial charge < -0.3 is 25.6 Å². The smallest absolute Gasteiger partial charge is 0.254 e. The Morgan fingerprint density at radius 2 is 1.66 bits per heavy atom. The van der Waals surface area contributed by atoms with Crippen molar-refractivity contribution in [2.45, 2.75) is 57.2 Å². The molecule has 0 spiro atoms. The van der Waals surface area contributed by atoms with E-state index >= 15 is 0 Å². The number of nitrogens with one attached hydrogen (secondary N) is 1. The van der Waals surface area contributed by atoms with E-state index in [-0.39, 0.29) is 25.2 Å². The summed E-state index contributed by atoms with van der Waals surface area (Å²) in [5, 5.41) is 13.5. The molecule has 4 N–H and O–H groups in total. The van der Waals surface area contributed by atoms with Crippen molar-refractivity contribution in [1.82, 2.24) is 5.32 Å². The first-order valence-corrected chi connectivity index (χ1v) is 11.8. The highest BCUT2D eigenvalue weighted by molar-refractivity contribution is 5.83. The van der Waals surface area contributed by atoms with E-state index in [9.17, 15) is 19.1 Å². The summed E-state index contributed by atoms with van der Waals surface area (Å²) in [5.41, 5.74) is 4.95. The molecule has 0 saturated heterocycles. The molecule has 35 heavy (non-hydrogen) atoms. The van der Waals surface area contributed by atoms with Crippen molar-refractivity contribution in [3.63, 3.8) is 0 Å². The molecule has 1 unspecified atom stereocenters. The largest absolute Gasteiger partial charge is 0.497 e. The molecule has 0 saturated carbocycles. The summed E-state index contributed by atoms with van der Waals surface area (Å²) in [6, 6.07) is 15.2. The predicted octanol–water partition coefficient (Wildman–Crippen LogP) is 3.36. The minimum absolute atomic E-state index is 0.0944. The van der Waals surface area contributed by atoms with Crippen LogP contribution < -0.4 is 20.5 Å². The van der Waals surface area contributed by atoms with Crippen molar-refractivity contribution < 1.29 is 28.6 Å². The third-order valence-corrected chi connectivity index (χ3v) is 6.14. The van der Waals surface area contributed by atoms with Gasteiger partial charge in [0, 0.05) is 18.5 Å². The van der Waals surface area contributed by atoms with E-state index in [0.717, 1.165) is 18.1 Å². The van der Waals surface area contributed by atoms with Gasteiger partial charge in [-0.15, -0.1) is 0 Å². The Morgan fingerprint density at radius 3 is 2.23 bits per heavy atom. The highest BCUT2D eigenvalue weighted by atomic mass is 19.1. The quantitative estimate of drug-likeness (QED) is 0.356. The molecule has 0 aromatic heterocycles. The maximum absolute atomic E-state index is 14.5.